The van der Waals surface area contributed by atoms with E-state index in [-0.39, 0.29) is 18.8 Å². The van der Waals surface area contributed by atoms with Crippen LogP contribution in [-0.2, 0) is 0 Å². The minimum absolute atomic E-state index is 0.0589. The van der Waals surface area contributed by atoms with E-state index in [0.29, 0.717) is 17.3 Å². The smallest absolute Gasteiger partial charge is 0.248 e. The number of H-pyrrole nitrogens is 1. The van der Waals surface area contributed by atoms with Crippen molar-refractivity contribution >= 4 is 38.6 Å². The molecule has 2 aromatic rings. The Bertz CT molecular complexity index is 611. The second-order valence-electron chi connectivity index (χ2n) is 4.70. The number of halogens is 4. The van der Waals surface area contributed by atoms with Crippen LogP contribution in [0.2, 0.25) is 5.02 Å². The fourth-order valence-corrected chi connectivity index (χ4v) is 3.34. The zero-order valence-electron chi connectivity index (χ0n) is 9.31. The van der Waals surface area contributed by atoms with Crippen molar-refractivity contribution in [2.24, 2.45) is 0 Å². The lowest BCUT2D eigenvalue weighted by atomic mass is 10.1. The lowest BCUT2D eigenvalue weighted by Crippen LogP contribution is -2.09. The molecule has 1 fully saturated rings. The van der Waals surface area contributed by atoms with Gasteiger partial charge in [-0.15, -0.1) is 0 Å². The number of imidazole rings is 1. The van der Waals surface area contributed by atoms with Crippen LogP contribution in [0.5, 0.6) is 0 Å². The topological polar surface area (TPSA) is 28.7 Å². The molecule has 1 saturated carbocycles. The van der Waals surface area contributed by atoms with Gasteiger partial charge in [-0.2, -0.15) is 0 Å². The van der Waals surface area contributed by atoms with E-state index in [9.17, 15) is 8.78 Å². The fraction of sp³-hybridized carbons (Fsp3) is 0.417. The number of fused-ring (bicyclic) bond motifs is 1. The molecule has 6 heteroatoms. The van der Waals surface area contributed by atoms with E-state index in [1.165, 1.54) is 0 Å². The van der Waals surface area contributed by atoms with E-state index in [0.717, 1.165) is 15.5 Å². The third kappa shape index (κ3) is 2.14. The molecule has 96 valence electrons. The molecule has 0 radical (unpaired) electrons. The van der Waals surface area contributed by atoms with Crippen molar-refractivity contribution in [1.29, 1.82) is 0 Å². The van der Waals surface area contributed by atoms with Crippen LogP contribution in [0.25, 0.3) is 11.0 Å². The molecule has 3 rings (SSSR count). The maximum absolute atomic E-state index is 13.2. The van der Waals surface area contributed by atoms with Gasteiger partial charge in [0.25, 0.3) is 0 Å². The second kappa shape index (κ2) is 4.17. The SMILES string of the molecule is FC1(F)CCC(c2nc3c(Br)cc(Cl)cc3[nH]2)C1. The number of rotatable bonds is 1. The van der Waals surface area contributed by atoms with Crippen molar-refractivity contribution in [3.05, 3.63) is 27.5 Å². The maximum Gasteiger partial charge on any atom is 0.248 e. The molecule has 1 aromatic carbocycles. The Balaban J connectivity index is 2.02. The number of nitrogens with zero attached hydrogens (tertiary/aromatic N) is 1. The van der Waals surface area contributed by atoms with E-state index in [4.69, 9.17) is 11.6 Å². The Kier molecular flexibility index (Phi) is 2.86. The average Bonchev–Trinajstić information content (AvgIpc) is 2.81. The van der Waals surface area contributed by atoms with Crippen molar-refractivity contribution < 1.29 is 8.78 Å². The standard InChI is InChI=1S/C12H10BrClF2N2/c13-8-3-7(14)4-9-10(8)18-11(17-9)6-1-2-12(15,16)5-6/h3-4,6H,1-2,5H2,(H,17,18). The van der Waals surface area contributed by atoms with Crippen molar-refractivity contribution in [2.45, 2.75) is 31.1 Å². The number of alkyl halides is 2. The van der Waals surface area contributed by atoms with E-state index < -0.39 is 5.92 Å². The van der Waals surface area contributed by atoms with Gasteiger partial charge >= 0.3 is 0 Å². The maximum atomic E-state index is 13.2. The molecule has 1 atom stereocenters. The average molecular weight is 336 g/mol. The summed E-state index contributed by atoms with van der Waals surface area (Å²) in [6.45, 7) is 0. The molecule has 0 spiro atoms. The highest BCUT2D eigenvalue weighted by atomic mass is 79.9. The zero-order valence-corrected chi connectivity index (χ0v) is 11.7. The van der Waals surface area contributed by atoms with Gasteiger partial charge in [0.05, 0.1) is 5.52 Å². The predicted octanol–water partition coefficient (Wildman–Crippen LogP) is 4.88. The number of benzene rings is 1. The van der Waals surface area contributed by atoms with Gasteiger partial charge in [-0.3, -0.25) is 0 Å². The first kappa shape index (κ1) is 12.4. The van der Waals surface area contributed by atoms with E-state index in [1.54, 1.807) is 12.1 Å². The molecular formula is C12H10BrClF2N2. The number of hydrogen-bond acceptors (Lipinski definition) is 1. The molecule has 1 aromatic heterocycles. The summed E-state index contributed by atoms with van der Waals surface area (Å²) in [5.41, 5.74) is 1.52. The molecule has 0 aliphatic heterocycles. The van der Waals surface area contributed by atoms with Gasteiger partial charge in [-0.1, -0.05) is 11.6 Å². The molecule has 0 amide bonds. The number of aromatic nitrogens is 2. The Labute approximate surface area is 116 Å². The molecule has 1 unspecified atom stereocenters. The van der Waals surface area contributed by atoms with Gasteiger partial charge < -0.3 is 4.98 Å². The molecule has 1 aliphatic rings. The lowest BCUT2D eigenvalue weighted by Gasteiger charge is -2.07. The highest BCUT2D eigenvalue weighted by molar-refractivity contribution is 9.10. The quantitative estimate of drug-likeness (QED) is 0.790. The molecule has 0 saturated heterocycles. The van der Waals surface area contributed by atoms with Gasteiger partial charge in [0, 0.05) is 28.3 Å². The zero-order chi connectivity index (χ0) is 12.9. The molecule has 1 heterocycles. The number of hydrogen-bond donors (Lipinski definition) is 1. The Morgan fingerprint density at radius 3 is 2.89 bits per heavy atom. The summed E-state index contributed by atoms with van der Waals surface area (Å²) >= 11 is 9.32. The number of nitrogens with one attached hydrogen (secondary N) is 1. The summed E-state index contributed by atoms with van der Waals surface area (Å²) in [6.07, 6.45) is 0.285. The Morgan fingerprint density at radius 1 is 1.44 bits per heavy atom. The molecule has 2 nitrogen and oxygen atoms in total. The normalized spacial score (nSPS) is 22.8. The van der Waals surface area contributed by atoms with Crippen LogP contribution in [-0.4, -0.2) is 15.9 Å². The third-order valence-electron chi connectivity index (χ3n) is 3.31. The van der Waals surface area contributed by atoms with E-state index in [2.05, 4.69) is 25.9 Å². The van der Waals surface area contributed by atoms with Crippen molar-refractivity contribution in [1.82, 2.24) is 9.97 Å². The van der Waals surface area contributed by atoms with Crippen LogP contribution in [0.15, 0.2) is 16.6 Å². The number of aromatic amines is 1. The summed E-state index contributed by atoms with van der Waals surface area (Å²) in [6, 6.07) is 3.50. The van der Waals surface area contributed by atoms with Crippen molar-refractivity contribution in [3.8, 4) is 0 Å². The highest BCUT2D eigenvalue weighted by Gasteiger charge is 2.41. The molecular weight excluding hydrogens is 325 g/mol. The molecule has 1 N–H and O–H groups in total. The second-order valence-corrected chi connectivity index (χ2v) is 5.99. The van der Waals surface area contributed by atoms with Crippen molar-refractivity contribution in [2.75, 3.05) is 0 Å². The summed E-state index contributed by atoms with van der Waals surface area (Å²) < 4.78 is 27.2. The Morgan fingerprint density at radius 2 is 2.22 bits per heavy atom. The first-order valence-corrected chi connectivity index (χ1v) is 6.84. The summed E-state index contributed by atoms with van der Waals surface area (Å²) in [5, 5.41) is 0.585. The largest absolute Gasteiger partial charge is 0.342 e. The van der Waals surface area contributed by atoms with Gasteiger partial charge in [-0.05, 0) is 34.5 Å². The summed E-state index contributed by atoms with van der Waals surface area (Å²) in [5.74, 6) is -2.12. The van der Waals surface area contributed by atoms with Crippen LogP contribution >= 0.6 is 27.5 Å². The van der Waals surface area contributed by atoms with Gasteiger partial charge in [-0.25, -0.2) is 13.8 Å². The predicted molar refractivity (Wildman–Crippen MR) is 70.3 cm³/mol. The summed E-state index contributed by atoms with van der Waals surface area (Å²) in [4.78, 5) is 7.50. The van der Waals surface area contributed by atoms with Crippen LogP contribution in [0.3, 0.4) is 0 Å². The minimum Gasteiger partial charge on any atom is -0.342 e. The van der Waals surface area contributed by atoms with Crippen molar-refractivity contribution in [3.63, 3.8) is 0 Å². The van der Waals surface area contributed by atoms with Gasteiger partial charge in [0.2, 0.25) is 5.92 Å². The highest BCUT2D eigenvalue weighted by Crippen LogP contribution is 2.44. The van der Waals surface area contributed by atoms with Crippen LogP contribution in [0.4, 0.5) is 8.78 Å². The fourth-order valence-electron chi connectivity index (χ4n) is 2.44. The summed E-state index contributed by atoms with van der Waals surface area (Å²) in [7, 11) is 0. The van der Waals surface area contributed by atoms with E-state index in [1.807, 2.05) is 0 Å². The Hall–Kier alpha value is -0.680. The first-order valence-electron chi connectivity index (χ1n) is 5.67. The van der Waals surface area contributed by atoms with E-state index >= 15 is 0 Å². The molecule has 18 heavy (non-hydrogen) atoms. The monoisotopic (exact) mass is 334 g/mol. The van der Waals surface area contributed by atoms with Crippen LogP contribution in [0, 0.1) is 0 Å². The molecule has 1 aliphatic carbocycles. The van der Waals surface area contributed by atoms with Crippen LogP contribution < -0.4 is 0 Å². The molecule has 0 bridgehead atoms. The van der Waals surface area contributed by atoms with Crippen LogP contribution in [0.1, 0.15) is 31.0 Å². The third-order valence-corrected chi connectivity index (χ3v) is 4.14. The van der Waals surface area contributed by atoms with Gasteiger partial charge in [0.1, 0.15) is 11.3 Å². The first-order chi connectivity index (χ1) is 8.44. The minimum atomic E-state index is -2.56. The van der Waals surface area contributed by atoms with Gasteiger partial charge in [0.15, 0.2) is 0 Å². The lowest BCUT2D eigenvalue weighted by molar-refractivity contribution is 0.00756.